The second-order valence-electron chi connectivity index (χ2n) is 6.66. The van der Waals surface area contributed by atoms with Gasteiger partial charge in [-0.2, -0.15) is 0 Å². The van der Waals surface area contributed by atoms with Crippen LogP contribution in [0.3, 0.4) is 0 Å². The van der Waals surface area contributed by atoms with Gasteiger partial charge < -0.3 is 14.7 Å². The fourth-order valence-corrected chi connectivity index (χ4v) is 3.41. The van der Waals surface area contributed by atoms with Crippen molar-refractivity contribution in [3.05, 3.63) is 75.6 Å². The van der Waals surface area contributed by atoms with Gasteiger partial charge in [-0.05, 0) is 42.5 Å². The van der Waals surface area contributed by atoms with Crippen molar-refractivity contribution >= 4 is 23.2 Å². The first-order valence-corrected chi connectivity index (χ1v) is 10.2. The summed E-state index contributed by atoms with van der Waals surface area (Å²) in [6, 6.07) is 11.0. The molecule has 0 aliphatic heterocycles. The first-order valence-electron chi connectivity index (χ1n) is 9.30. The molecule has 3 aromatic rings. The molecular weight excluding hydrogens is 393 g/mol. The maximum atomic E-state index is 12.9. The zero-order valence-electron chi connectivity index (χ0n) is 16.2. The molecule has 2 aromatic heterocycles. The van der Waals surface area contributed by atoms with Gasteiger partial charge in [0.2, 0.25) is 0 Å². The Morgan fingerprint density at radius 2 is 2.03 bits per heavy atom. The van der Waals surface area contributed by atoms with Crippen molar-refractivity contribution in [2.75, 3.05) is 0 Å². The van der Waals surface area contributed by atoms with Crippen LogP contribution in [0.4, 0.5) is 4.39 Å². The SMILES string of the molecule is CCC(C)N(Cc1cc(C(=O)NCc2ccc(F)cc2)no1)C(=O)c1cccs1. The Hall–Kier alpha value is -3.00. The van der Waals surface area contributed by atoms with Gasteiger partial charge in [0.1, 0.15) is 5.82 Å². The number of carbonyl (C=O) groups excluding carboxylic acids is 2. The van der Waals surface area contributed by atoms with Gasteiger partial charge in [0.05, 0.1) is 11.4 Å². The zero-order chi connectivity index (χ0) is 20.8. The van der Waals surface area contributed by atoms with Crippen LogP contribution < -0.4 is 5.32 Å². The van der Waals surface area contributed by atoms with Gasteiger partial charge in [0, 0.05) is 18.7 Å². The Balaban J connectivity index is 1.64. The molecule has 152 valence electrons. The molecule has 1 N–H and O–H groups in total. The number of hydrogen-bond donors (Lipinski definition) is 1. The molecule has 29 heavy (non-hydrogen) atoms. The Morgan fingerprint density at radius 3 is 2.69 bits per heavy atom. The number of nitrogens with zero attached hydrogens (tertiary/aromatic N) is 2. The van der Waals surface area contributed by atoms with Crippen molar-refractivity contribution in [3.63, 3.8) is 0 Å². The minimum Gasteiger partial charge on any atom is -0.359 e. The molecular formula is C21H22FN3O3S. The zero-order valence-corrected chi connectivity index (χ0v) is 17.0. The first-order chi connectivity index (χ1) is 14.0. The van der Waals surface area contributed by atoms with Crippen LogP contribution in [0.2, 0.25) is 0 Å². The number of rotatable bonds is 8. The number of benzene rings is 1. The van der Waals surface area contributed by atoms with Crippen molar-refractivity contribution in [2.45, 2.75) is 39.4 Å². The Morgan fingerprint density at radius 1 is 1.28 bits per heavy atom. The van der Waals surface area contributed by atoms with E-state index in [9.17, 15) is 14.0 Å². The molecule has 0 radical (unpaired) electrons. The highest BCUT2D eigenvalue weighted by Gasteiger charge is 2.24. The number of carbonyl (C=O) groups is 2. The molecule has 0 bridgehead atoms. The Labute approximate surface area is 172 Å². The molecule has 0 aliphatic carbocycles. The number of amides is 2. The van der Waals surface area contributed by atoms with Crippen LogP contribution in [0.15, 0.2) is 52.4 Å². The maximum absolute atomic E-state index is 12.9. The summed E-state index contributed by atoms with van der Waals surface area (Å²) in [4.78, 5) is 27.5. The summed E-state index contributed by atoms with van der Waals surface area (Å²) in [6.45, 7) is 4.45. The summed E-state index contributed by atoms with van der Waals surface area (Å²) in [5, 5.41) is 8.40. The van der Waals surface area contributed by atoms with Gasteiger partial charge in [0.15, 0.2) is 11.5 Å². The van der Waals surface area contributed by atoms with Crippen LogP contribution in [-0.2, 0) is 13.1 Å². The molecule has 1 atom stereocenters. The lowest BCUT2D eigenvalue weighted by molar-refractivity contribution is 0.0656. The summed E-state index contributed by atoms with van der Waals surface area (Å²) in [7, 11) is 0. The normalized spacial score (nSPS) is 11.8. The predicted octanol–water partition coefficient (Wildman–Crippen LogP) is 4.25. The van der Waals surface area contributed by atoms with Gasteiger partial charge in [0.25, 0.3) is 11.8 Å². The van der Waals surface area contributed by atoms with E-state index in [1.165, 1.54) is 29.5 Å². The topological polar surface area (TPSA) is 75.4 Å². The monoisotopic (exact) mass is 415 g/mol. The molecule has 3 rings (SSSR count). The van der Waals surface area contributed by atoms with Crippen LogP contribution in [0.1, 0.15) is 51.8 Å². The average Bonchev–Trinajstić information content (AvgIpc) is 3.42. The van der Waals surface area contributed by atoms with Crippen molar-refractivity contribution in [1.82, 2.24) is 15.4 Å². The molecule has 8 heteroatoms. The van der Waals surface area contributed by atoms with Crippen molar-refractivity contribution < 1.29 is 18.5 Å². The quantitative estimate of drug-likeness (QED) is 0.597. The van der Waals surface area contributed by atoms with E-state index >= 15 is 0 Å². The molecule has 1 aromatic carbocycles. The number of aromatic nitrogens is 1. The first kappa shape index (κ1) is 20.7. The fourth-order valence-electron chi connectivity index (χ4n) is 2.73. The molecule has 0 spiro atoms. The van der Waals surface area contributed by atoms with Crippen molar-refractivity contribution in [3.8, 4) is 0 Å². The van der Waals surface area contributed by atoms with E-state index in [2.05, 4.69) is 10.5 Å². The predicted molar refractivity (Wildman–Crippen MR) is 108 cm³/mol. The van der Waals surface area contributed by atoms with Crippen LogP contribution in [0.5, 0.6) is 0 Å². The summed E-state index contributed by atoms with van der Waals surface area (Å²) in [5.41, 5.74) is 0.905. The van der Waals surface area contributed by atoms with Crippen LogP contribution in [0, 0.1) is 5.82 Å². The molecule has 0 aliphatic rings. The number of hydrogen-bond acceptors (Lipinski definition) is 5. The highest BCUT2D eigenvalue weighted by Crippen LogP contribution is 2.19. The largest absolute Gasteiger partial charge is 0.359 e. The highest BCUT2D eigenvalue weighted by atomic mass is 32.1. The van der Waals surface area contributed by atoms with Crippen molar-refractivity contribution in [1.29, 1.82) is 0 Å². The summed E-state index contributed by atoms with van der Waals surface area (Å²) in [6.07, 6.45) is 0.788. The second kappa shape index (κ2) is 9.47. The van der Waals surface area contributed by atoms with E-state index in [0.29, 0.717) is 10.6 Å². The molecule has 2 amide bonds. The lowest BCUT2D eigenvalue weighted by atomic mass is 10.2. The van der Waals surface area contributed by atoms with E-state index in [1.54, 1.807) is 23.1 Å². The fraction of sp³-hybridized carbons (Fsp3) is 0.286. The second-order valence-corrected chi connectivity index (χ2v) is 7.60. The lowest BCUT2D eigenvalue weighted by Crippen LogP contribution is -2.37. The Kier molecular flexibility index (Phi) is 6.77. The third-order valence-electron chi connectivity index (χ3n) is 4.60. The van der Waals surface area contributed by atoms with Gasteiger partial charge in [-0.25, -0.2) is 4.39 Å². The molecule has 0 saturated heterocycles. The third-order valence-corrected chi connectivity index (χ3v) is 5.46. The van der Waals surface area contributed by atoms with Crippen LogP contribution in [0.25, 0.3) is 0 Å². The van der Waals surface area contributed by atoms with Gasteiger partial charge in [-0.1, -0.05) is 30.3 Å². The maximum Gasteiger partial charge on any atom is 0.273 e. The highest BCUT2D eigenvalue weighted by molar-refractivity contribution is 7.12. The average molecular weight is 415 g/mol. The molecule has 6 nitrogen and oxygen atoms in total. The Bertz CT molecular complexity index is 954. The van der Waals surface area contributed by atoms with E-state index in [0.717, 1.165) is 12.0 Å². The standard InChI is InChI=1S/C21H22FN3O3S/c1-3-14(2)25(21(27)19-5-4-10-29-19)13-17-11-18(24-28-17)20(26)23-12-15-6-8-16(22)9-7-15/h4-11,14H,3,12-13H2,1-2H3,(H,23,26). The molecule has 2 heterocycles. The van der Waals surface area contributed by atoms with E-state index < -0.39 is 5.91 Å². The van der Waals surface area contributed by atoms with Crippen molar-refractivity contribution in [2.24, 2.45) is 0 Å². The smallest absolute Gasteiger partial charge is 0.273 e. The molecule has 1 unspecified atom stereocenters. The summed E-state index contributed by atoms with van der Waals surface area (Å²) < 4.78 is 18.2. The minimum atomic E-state index is -0.399. The molecule has 0 fully saturated rings. The number of halogens is 1. The molecule has 0 saturated carbocycles. The van der Waals surface area contributed by atoms with Gasteiger partial charge in [-0.15, -0.1) is 11.3 Å². The summed E-state index contributed by atoms with van der Waals surface area (Å²) >= 11 is 1.39. The third kappa shape index (κ3) is 5.29. The van der Waals surface area contributed by atoms with E-state index in [1.807, 2.05) is 25.3 Å². The van der Waals surface area contributed by atoms with E-state index in [-0.39, 0.29) is 36.5 Å². The van der Waals surface area contributed by atoms with Gasteiger partial charge in [-0.3, -0.25) is 9.59 Å². The van der Waals surface area contributed by atoms with Gasteiger partial charge >= 0.3 is 0 Å². The lowest BCUT2D eigenvalue weighted by Gasteiger charge is -2.27. The summed E-state index contributed by atoms with van der Waals surface area (Å²) in [5.74, 6) is -0.372. The number of thiophene rings is 1. The minimum absolute atomic E-state index is 0.00505. The number of nitrogens with one attached hydrogen (secondary N) is 1. The van der Waals surface area contributed by atoms with E-state index in [4.69, 9.17) is 4.52 Å². The van der Waals surface area contributed by atoms with Crippen LogP contribution >= 0.6 is 11.3 Å². The van der Waals surface area contributed by atoms with Crippen LogP contribution in [-0.4, -0.2) is 27.9 Å².